The molecule has 0 saturated heterocycles. The molecule has 3 aromatic rings. The molecule has 1 heterocycles. The lowest BCUT2D eigenvalue weighted by Crippen LogP contribution is -2.02. The molecule has 0 spiro atoms. The van der Waals surface area contributed by atoms with Crippen LogP contribution < -0.4 is 5.32 Å². The number of phenolic OH excluding ortho intramolecular Hbond substituents is 1. The first-order valence-corrected chi connectivity index (χ1v) is 6.39. The quantitative estimate of drug-likeness (QED) is 0.773. The van der Waals surface area contributed by atoms with Crippen LogP contribution in [-0.4, -0.2) is 19.9 Å². The zero-order valence-electron chi connectivity index (χ0n) is 11.1. The molecular weight excluding hydrogens is 271 g/mol. The Morgan fingerprint density at radius 3 is 2.62 bits per heavy atom. The summed E-state index contributed by atoms with van der Waals surface area (Å²) in [5.41, 5.74) is 2.01. The van der Waals surface area contributed by atoms with Crippen molar-refractivity contribution in [2.75, 3.05) is 5.32 Å². The van der Waals surface area contributed by atoms with E-state index in [9.17, 15) is 9.50 Å². The maximum Gasteiger partial charge on any atom is 0.150 e. The third-order valence-electron chi connectivity index (χ3n) is 3.05. The molecule has 0 fully saturated rings. The summed E-state index contributed by atoms with van der Waals surface area (Å²) in [7, 11) is 0. The molecule has 2 aromatic carbocycles. The Bertz CT molecular complexity index is 726. The number of hydrogen-bond acceptors (Lipinski definition) is 4. The van der Waals surface area contributed by atoms with Crippen molar-refractivity contribution in [2.24, 2.45) is 0 Å². The molecular formula is C15H13FN4O. The highest BCUT2D eigenvalue weighted by Crippen LogP contribution is 2.18. The van der Waals surface area contributed by atoms with Gasteiger partial charge in [0.1, 0.15) is 24.1 Å². The van der Waals surface area contributed by atoms with Gasteiger partial charge in [0.2, 0.25) is 0 Å². The van der Waals surface area contributed by atoms with Gasteiger partial charge < -0.3 is 10.4 Å². The summed E-state index contributed by atoms with van der Waals surface area (Å²) in [6, 6.07) is 11.7. The Hall–Kier alpha value is -2.89. The van der Waals surface area contributed by atoms with Gasteiger partial charge >= 0.3 is 0 Å². The van der Waals surface area contributed by atoms with Crippen LogP contribution in [0.15, 0.2) is 55.1 Å². The van der Waals surface area contributed by atoms with Crippen molar-refractivity contribution in [3.63, 3.8) is 0 Å². The standard InChI is InChI=1S/C15H13FN4O/c16-14-7-12(3-6-15(14)20-10-17-9-19-20)18-8-11-1-4-13(21)5-2-11/h1-7,9-10,18,21H,8H2. The second-order valence-corrected chi connectivity index (χ2v) is 4.53. The van der Waals surface area contributed by atoms with Crippen LogP contribution in [0.2, 0.25) is 0 Å². The zero-order valence-corrected chi connectivity index (χ0v) is 11.1. The van der Waals surface area contributed by atoms with Gasteiger partial charge in [0.05, 0.1) is 0 Å². The minimum Gasteiger partial charge on any atom is -0.508 e. The number of aromatic hydroxyl groups is 1. The summed E-state index contributed by atoms with van der Waals surface area (Å²) in [6.45, 7) is 0.544. The number of benzene rings is 2. The molecule has 0 amide bonds. The molecule has 0 atom stereocenters. The normalized spacial score (nSPS) is 10.5. The van der Waals surface area contributed by atoms with Crippen molar-refractivity contribution in [1.29, 1.82) is 0 Å². The Balaban J connectivity index is 1.72. The van der Waals surface area contributed by atoms with E-state index in [-0.39, 0.29) is 11.6 Å². The molecule has 0 unspecified atom stereocenters. The van der Waals surface area contributed by atoms with Crippen LogP contribution in [0, 0.1) is 5.82 Å². The minimum atomic E-state index is -0.379. The van der Waals surface area contributed by atoms with Crippen molar-refractivity contribution in [3.05, 3.63) is 66.5 Å². The third kappa shape index (κ3) is 3.00. The van der Waals surface area contributed by atoms with E-state index in [2.05, 4.69) is 15.4 Å². The summed E-state index contributed by atoms with van der Waals surface area (Å²) >= 11 is 0. The van der Waals surface area contributed by atoms with Gasteiger partial charge in [-0.15, -0.1) is 0 Å². The molecule has 1 aromatic heterocycles. The number of hydrogen-bond donors (Lipinski definition) is 2. The lowest BCUT2D eigenvalue weighted by molar-refractivity contribution is 0.475. The molecule has 0 saturated carbocycles. The third-order valence-corrected chi connectivity index (χ3v) is 3.05. The van der Waals surface area contributed by atoms with Crippen molar-refractivity contribution in [1.82, 2.24) is 14.8 Å². The second kappa shape index (κ2) is 5.62. The Morgan fingerprint density at radius 1 is 1.14 bits per heavy atom. The summed E-state index contributed by atoms with van der Waals surface area (Å²) < 4.78 is 15.4. The van der Waals surface area contributed by atoms with Gasteiger partial charge in [0, 0.05) is 12.2 Å². The average molecular weight is 284 g/mol. The fourth-order valence-electron chi connectivity index (χ4n) is 1.95. The Morgan fingerprint density at radius 2 is 1.95 bits per heavy atom. The lowest BCUT2D eigenvalue weighted by Gasteiger charge is -2.09. The van der Waals surface area contributed by atoms with Crippen LogP contribution in [-0.2, 0) is 6.54 Å². The Kier molecular flexibility index (Phi) is 3.51. The lowest BCUT2D eigenvalue weighted by atomic mass is 10.2. The van der Waals surface area contributed by atoms with Gasteiger partial charge in [-0.05, 0) is 35.9 Å². The first-order valence-electron chi connectivity index (χ1n) is 6.39. The van der Waals surface area contributed by atoms with Crippen LogP contribution in [0.1, 0.15) is 5.56 Å². The van der Waals surface area contributed by atoms with E-state index in [1.165, 1.54) is 23.4 Å². The smallest absolute Gasteiger partial charge is 0.150 e. The molecule has 21 heavy (non-hydrogen) atoms. The average Bonchev–Trinajstić information content (AvgIpc) is 3.01. The number of rotatable bonds is 4. The van der Waals surface area contributed by atoms with Crippen LogP contribution in [0.5, 0.6) is 5.75 Å². The first-order chi connectivity index (χ1) is 10.2. The summed E-state index contributed by atoms with van der Waals surface area (Å²) in [5.74, 6) is -0.154. The monoisotopic (exact) mass is 284 g/mol. The van der Waals surface area contributed by atoms with Crippen molar-refractivity contribution in [3.8, 4) is 11.4 Å². The predicted molar refractivity (Wildman–Crippen MR) is 76.8 cm³/mol. The van der Waals surface area contributed by atoms with Gasteiger partial charge in [-0.2, -0.15) is 5.10 Å². The fraction of sp³-hybridized carbons (Fsp3) is 0.0667. The molecule has 0 radical (unpaired) electrons. The minimum absolute atomic E-state index is 0.224. The number of nitrogens with one attached hydrogen (secondary N) is 1. The molecule has 106 valence electrons. The van der Waals surface area contributed by atoms with Gasteiger partial charge in [0.25, 0.3) is 0 Å². The maximum absolute atomic E-state index is 14.0. The van der Waals surface area contributed by atoms with Crippen LogP contribution in [0.25, 0.3) is 5.69 Å². The van der Waals surface area contributed by atoms with Crippen molar-refractivity contribution < 1.29 is 9.50 Å². The van der Waals surface area contributed by atoms with Gasteiger partial charge in [-0.25, -0.2) is 14.1 Å². The number of halogens is 1. The van der Waals surface area contributed by atoms with E-state index in [1.807, 2.05) is 12.1 Å². The largest absolute Gasteiger partial charge is 0.508 e. The van der Waals surface area contributed by atoms with Gasteiger partial charge in [-0.3, -0.25) is 0 Å². The SMILES string of the molecule is Oc1ccc(CNc2ccc(-n3cncn3)c(F)c2)cc1. The molecule has 0 bridgehead atoms. The van der Waals surface area contributed by atoms with Crippen LogP contribution in [0.3, 0.4) is 0 Å². The summed E-state index contributed by atoms with van der Waals surface area (Å²) in [4.78, 5) is 3.79. The van der Waals surface area contributed by atoms with Crippen LogP contribution >= 0.6 is 0 Å². The highest BCUT2D eigenvalue weighted by atomic mass is 19.1. The van der Waals surface area contributed by atoms with E-state index in [4.69, 9.17) is 0 Å². The summed E-state index contributed by atoms with van der Waals surface area (Å²) in [6.07, 6.45) is 2.80. The highest BCUT2D eigenvalue weighted by molar-refractivity contribution is 5.49. The molecule has 5 nitrogen and oxygen atoms in total. The van der Waals surface area contributed by atoms with E-state index < -0.39 is 0 Å². The molecule has 6 heteroatoms. The van der Waals surface area contributed by atoms with E-state index in [0.29, 0.717) is 17.9 Å². The number of aromatic nitrogens is 3. The van der Waals surface area contributed by atoms with Crippen molar-refractivity contribution in [2.45, 2.75) is 6.54 Å². The summed E-state index contributed by atoms with van der Waals surface area (Å²) in [5, 5.41) is 16.2. The zero-order chi connectivity index (χ0) is 14.7. The fourth-order valence-corrected chi connectivity index (χ4v) is 1.95. The van der Waals surface area contributed by atoms with Gasteiger partial charge in [0.15, 0.2) is 5.82 Å². The maximum atomic E-state index is 14.0. The topological polar surface area (TPSA) is 63.0 Å². The van der Waals surface area contributed by atoms with Crippen LogP contribution in [0.4, 0.5) is 10.1 Å². The molecule has 3 rings (SSSR count). The second-order valence-electron chi connectivity index (χ2n) is 4.53. The van der Waals surface area contributed by atoms with Crippen molar-refractivity contribution >= 4 is 5.69 Å². The molecule has 2 N–H and O–H groups in total. The Labute approximate surface area is 120 Å². The first kappa shape index (κ1) is 13.1. The highest BCUT2D eigenvalue weighted by Gasteiger charge is 2.06. The molecule has 0 aliphatic heterocycles. The predicted octanol–water partition coefficient (Wildman–Crippen LogP) is 2.72. The number of phenols is 1. The van der Waals surface area contributed by atoms with E-state index >= 15 is 0 Å². The molecule has 0 aliphatic rings. The van der Waals surface area contributed by atoms with E-state index in [0.717, 1.165) is 5.56 Å². The number of anilines is 1. The molecule has 0 aliphatic carbocycles. The van der Waals surface area contributed by atoms with Gasteiger partial charge in [-0.1, -0.05) is 12.1 Å². The number of nitrogens with zero attached hydrogens (tertiary/aromatic N) is 3. The van der Waals surface area contributed by atoms with E-state index in [1.54, 1.807) is 24.3 Å².